The molecule has 188 valence electrons. The molecule has 0 aliphatic carbocycles. The number of nitrogens with zero attached hydrogens (tertiary/aromatic N) is 1. The van der Waals surface area contributed by atoms with Crippen molar-refractivity contribution in [2.24, 2.45) is 0 Å². The Morgan fingerprint density at radius 1 is 0.784 bits per heavy atom. The topological polar surface area (TPSA) is 89.5 Å². The number of carbonyl (C=O) groups is 2. The third-order valence-corrected chi connectivity index (χ3v) is 5.95. The second-order valence-corrected chi connectivity index (χ2v) is 8.36. The van der Waals surface area contributed by atoms with Crippen LogP contribution in [0.4, 0.5) is 5.69 Å². The van der Waals surface area contributed by atoms with Crippen LogP contribution in [0.1, 0.15) is 28.0 Å². The lowest BCUT2D eigenvalue weighted by atomic mass is 9.97. The van der Waals surface area contributed by atoms with Crippen molar-refractivity contribution in [2.45, 2.75) is 19.4 Å². The maximum Gasteiger partial charge on any atom is 0.274 e. The van der Waals surface area contributed by atoms with Crippen molar-refractivity contribution in [3.63, 3.8) is 0 Å². The summed E-state index contributed by atoms with van der Waals surface area (Å²) in [5.41, 5.74) is 4.44. The molecule has 0 saturated heterocycles. The largest absolute Gasteiger partial charge is 0.497 e. The molecule has 37 heavy (non-hydrogen) atoms. The normalized spacial score (nSPS) is 10.4. The molecule has 0 saturated carbocycles. The van der Waals surface area contributed by atoms with Gasteiger partial charge in [0.15, 0.2) is 0 Å². The number of aromatic nitrogens is 1. The number of carbonyl (C=O) groups excluding carboxylic acids is 2. The van der Waals surface area contributed by atoms with Crippen LogP contribution < -0.4 is 20.1 Å². The Morgan fingerprint density at radius 3 is 2.14 bits per heavy atom. The first kappa shape index (κ1) is 25.4. The summed E-state index contributed by atoms with van der Waals surface area (Å²) in [7, 11) is 3.22. The zero-order chi connectivity index (χ0) is 26.0. The monoisotopic (exact) mass is 495 g/mol. The molecule has 4 aromatic rings. The lowest BCUT2D eigenvalue weighted by Crippen LogP contribution is -2.23. The van der Waals surface area contributed by atoms with Crippen LogP contribution in [0.2, 0.25) is 0 Å². The fraction of sp³-hybridized carbons (Fsp3) is 0.167. The number of benzene rings is 3. The molecule has 7 nitrogen and oxygen atoms in total. The van der Waals surface area contributed by atoms with Gasteiger partial charge in [-0.15, -0.1) is 0 Å². The average molecular weight is 496 g/mol. The minimum Gasteiger partial charge on any atom is -0.497 e. The summed E-state index contributed by atoms with van der Waals surface area (Å²) in [5.74, 6) is 1.13. The van der Waals surface area contributed by atoms with Gasteiger partial charge in [-0.3, -0.25) is 14.6 Å². The summed E-state index contributed by atoms with van der Waals surface area (Å²) < 4.78 is 10.4. The molecule has 0 aliphatic heterocycles. The van der Waals surface area contributed by atoms with E-state index in [1.807, 2.05) is 54.6 Å². The molecule has 0 aliphatic rings. The molecule has 2 amide bonds. The summed E-state index contributed by atoms with van der Waals surface area (Å²) >= 11 is 0. The molecule has 7 heteroatoms. The summed E-state index contributed by atoms with van der Waals surface area (Å²) in [6.45, 7) is 0.339. The first-order valence-electron chi connectivity index (χ1n) is 12.0. The van der Waals surface area contributed by atoms with Crippen LogP contribution in [0.5, 0.6) is 11.5 Å². The van der Waals surface area contributed by atoms with Gasteiger partial charge in [-0.25, -0.2) is 0 Å². The van der Waals surface area contributed by atoms with Crippen LogP contribution in [0.15, 0.2) is 91.1 Å². The van der Waals surface area contributed by atoms with Crippen LogP contribution in [-0.2, 0) is 17.8 Å². The van der Waals surface area contributed by atoms with E-state index in [2.05, 4.69) is 15.6 Å². The molecule has 0 fully saturated rings. The third kappa shape index (κ3) is 6.73. The van der Waals surface area contributed by atoms with Crippen LogP contribution in [0.3, 0.4) is 0 Å². The van der Waals surface area contributed by atoms with E-state index in [1.165, 1.54) is 0 Å². The summed E-state index contributed by atoms with van der Waals surface area (Å²) in [5, 5.41) is 5.90. The number of rotatable bonds is 10. The van der Waals surface area contributed by atoms with E-state index in [1.54, 1.807) is 50.7 Å². The number of hydrogen-bond donors (Lipinski definition) is 2. The maximum atomic E-state index is 13.1. The fourth-order valence-corrected chi connectivity index (χ4v) is 3.94. The van der Waals surface area contributed by atoms with Crippen molar-refractivity contribution in [1.29, 1.82) is 0 Å². The number of aryl methyl sites for hydroxylation is 1. The molecule has 1 aromatic heterocycles. The van der Waals surface area contributed by atoms with Gasteiger partial charge >= 0.3 is 0 Å². The van der Waals surface area contributed by atoms with Gasteiger partial charge in [0.05, 0.1) is 14.2 Å². The molecular weight excluding hydrogens is 466 g/mol. The molecule has 0 bridgehead atoms. The zero-order valence-corrected chi connectivity index (χ0v) is 20.9. The number of amides is 2. The molecule has 0 atom stereocenters. The van der Waals surface area contributed by atoms with E-state index >= 15 is 0 Å². The smallest absolute Gasteiger partial charge is 0.274 e. The Labute approximate surface area is 216 Å². The van der Waals surface area contributed by atoms with E-state index in [-0.39, 0.29) is 11.8 Å². The predicted octanol–water partition coefficient (Wildman–Crippen LogP) is 5.27. The molecule has 1 heterocycles. The Balaban J connectivity index is 1.44. The first-order chi connectivity index (χ1) is 18.1. The highest BCUT2D eigenvalue weighted by Gasteiger charge is 2.17. The SMILES string of the molecule is COc1ccc(CCC(=O)NCc2ccccc2-c2cccnc2C(=O)Nc2ccc(OC)cc2)cc1. The van der Waals surface area contributed by atoms with Crippen molar-refractivity contribution >= 4 is 17.5 Å². The molecule has 2 N–H and O–H groups in total. The second-order valence-electron chi connectivity index (χ2n) is 8.36. The summed E-state index contributed by atoms with van der Waals surface area (Å²) in [6.07, 6.45) is 2.60. The summed E-state index contributed by atoms with van der Waals surface area (Å²) in [4.78, 5) is 30.0. The van der Waals surface area contributed by atoms with Crippen LogP contribution >= 0.6 is 0 Å². The quantitative estimate of drug-likeness (QED) is 0.313. The first-order valence-corrected chi connectivity index (χ1v) is 12.0. The van der Waals surface area contributed by atoms with Crippen LogP contribution in [-0.4, -0.2) is 31.0 Å². The van der Waals surface area contributed by atoms with Gasteiger partial charge < -0.3 is 20.1 Å². The second kappa shape index (κ2) is 12.4. The van der Waals surface area contributed by atoms with Gasteiger partial charge in [-0.2, -0.15) is 0 Å². The maximum absolute atomic E-state index is 13.1. The van der Waals surface area contributed by atoms with Crippen molar-refractivity contribution in [3.05, 3.63) is 108 Å². The number of pyridine rings is 1. The fourth-order valence-electron chi connectivity index (χ4n) is 3.94. The number of ether oxygens (including phenoxy) is 2. The number of nitrogens with one attached hydrogen (secondary N) is 2. The predicted molar refractivity (Wildman–Crippen MR) is 144 cm³/mol. The zero-order valence-electron chi connectivity index (χ0n) is 20.9. The molecule has 0 spiro atoms. The lowest BCUT2D eigenvalue weighted by Gasteiger charge is -2.14. The standard InChI is InChI=1S/C30H29N3O4/c1-36-24-14-9-21(10-15-24)11-18-28(34)32-20-22-6-3-4-7-26(22)27-8-5-19-31-29(27)30(35)33-23-12-16-25(37-2)17-13-23/h3-10,12-17,19H,11,18,20H2,1-2H3,(H,32,34)(H,33,35). The van der Waals surface area contributed by atoms with Crippen LogP contribution in [0, 0.1) is 0 Å². The minimum absolute atomic E-state index is 0.0470. The highest BCUT2D eigenvalue weighted by molar-refractivity contribution is 6.07. The van der Waals surface area contributed by atoms with Crippen molar-refractivity contribution in [3.8, 4) is 22.6 Å². The Kier molecular flexibility index (Phi) is 8.49. The van der Waals surface area contributed by atoms with E-state index < -0.39 is 0 Å². The Hall–Kier alpha value is -4.65. The number of methoxy groups -OCH3 is 2. The van der Waals surface area contributed by atoms with Crippen LogP contribution in [0.25, 0.3) is 11.1 Å². The highest BCUT2D eigenvalue weighted by atomic mass is 16.5. The van der Waals surface area contributed by atoms with Crippen molar-refractivity contribution in [2.75, 3.05) is 19.5 Å². The molecule has 4 rings (SSSR count). The summed E-state index contributed by atoms with van der Waals surface area (Å²) in [6, 6.07) is 26.1. The Bertz CT molecular complexity index is 1350. The lowest BCUT2D eigenvalue weighted by molar-refractivity contribution is -0.121. The van der Waals surface area contributed by atoms with Gasteiger partial charge in [-0.05, 0) is 65.6 Å². The van der Waals surface area contributed by atoms with Gasteiger partial charge in [0.2, 0.25) is 5.91 Å². The van der Waals surface area contributed by atoms with Gasteiger partial charge in [0.1, 0.15) is 17.2 Å². The number of anilines is 1. The van der Waals surface area contributed by atoms with Gasteiger partial charge in [0, 0.05) is 30.4 Å². The molecule has 3 aromatic carbocycles. The average Bonchev–Trinajstić information content (AvgIpc) is 2.95. The molecule has 0 radical (unpaired) electrons. The molecular formula is C30H29N3O4. The van der Waals surface area contributed by atoms with Crippen molar-refractivity contribution < 1.29 is 19.1 Å². The van der Waals surface area contributed by atoms with Gasteiger partial charge in [0.25, 0.3) is 5.91 Å². The highest BCUT2D eigenvalue weighted by Crippen LogP contribution is 2.27. The minimum atomic E-state index is -0.320. The number of hydrogen-bond acceptors (Lipinski definition) is 5. The van der Waals surface area contributed by atoms with E-state index in [0.717, 1.165) is 22.4 Å². The third-order valence-electron chi connectivity index (χ3n) is 5.95. The van der Waals surface area contributed by atoms with Gasteiger partial charge in [-0.1, -0.05) is 42.5 Å². The Morgan fingerprint density at radius 2 is 1.43 bits per heavy atom. The molecule has 0 unspecified atom stereocenters. The van der Waals surface area contributed by atoms with E-state index in [0.29, 0.717) is 42.1 Å². The van der Waals surface area contributed by atoms with Crippen molar-refractivity contribution in [1.82, 2.24) is 10.3 Å². The van der Waals surface area contributed by atoms with E-state index in [9.17, 15) is 9.59 Å². The van der Waals surface area contributed by atoms with E-state index in [4.69, 9.17) is 9.47 Å².